The van der Waals surface area contributed by atoms with E-state index in [-0.39, 0.29) is 11.3 Å². The molecule has 1 heterocycles. The van der Waals surface area contributed by atoms with E-state index in [1.807, 2.05) is 0 Å². The number of halogens is 1. The van der Waals surface area contributed by atoms with Crippen LogP contribution in [0.2, 0.25) is 0 Å². The smallest absolute Gasteiger partial charge is 0.194 e. The van der Waals surface area contributed by atoms with Gasteiger partial charge in [-0.2, -0.15) is 0 Å². The molecule has 14 heavy (non-hydrogen) atoms. The molecule has 0 saturated heterocycles. The Morgan fingerprint density at radius 1 is 1.50 bits per heavy atom. The second kappa shape index (κ2) is 4.02. The van der Waals surface area contributed by atoms with Gasteiger partial charge in [0.2, 0.25) is 0 Å². The fourth-order valence-corrected chi connectivity index (χ4v) is 1.92. The topological polar surface area (TPSA) is 36.8 Å². The first-order chi connectivity index (χ1) is 6.74. The van der Waals surface area contributed by atoms with Crippen LogP contribution >= 0.6 is 24.0 Å². The summed E-state index contributed by atoms with van der Waals surface area (Å²) in [6.45, 7) is 0. The Kier molecular flexibility index (Phi) is 2.74. The van der Waals surface area contributed by atoms with E-state index < -0.39 is 0 Å². The zero-order chi connectivity index (χ0) is 9.97. The van der Waals surface area contributed by atoms with E-state index >= 15 is 0 Å². The SMILES string of the molecule is Fc1cccc(NC2N=NC(=S)S2)c1. The standard InChI is InChI=1S/C8H6FN3S2/c9-5-2-1-3-6(4-5)10-7-11-12-8(13)14-7/h1-4,7,10H. The van der Waals surface area contributed by atoms with Gasteiger partial charge < -0.3 is 5.32 Å². The van der Waals surface area contributed by atoms with Crippen LogP contribution in [0.1, 0.15) is 0 Å². The van der Waals surface area contributed by atoms with E-state index in [9.17, 15) is 4.39 Å². The van der Waals surface area contributed by atoms with Crippen molar-refractivity contribution in [1.82, 2.24) is 0 Å². The number of nitrogens with zero attached hydrogens (tertiary/aromatic N) is 2. The number of hydrogen-bond donors (Lipinski definition) is 1. The zero-order valence-electron chi connectivity index (χ0n) is 6.98. The minimum absolute atomic E-state index is 0.232. The summed E-state index contributed by atoms with van der Waals surface area (Å²) < 4.78 is 13.3. The second-order valence-corrected chi connectivity index (χ2v) is 4.32. The van der Waals surface area contributed by atoms with E-state index in [1.54, 1.807) is 12.1 Å². The van der Waals surface area contributed by atoms with Crippen LogP contribution in [0.15, 0.2) is 34.5 Å². The van der Waals surface area contributed by atoms with E-state index in [4.69, 9.17) is 12.2 Å². The Hall–Kier alpha value is -1.01. The molecule has 0 saturated carbocycles. The third-order valence-corrected chi connectivity index (χ3v) is 2.66. The molecule has 1 aromatic carbocycles. The molecule has 0 fully saturated rings. The molecule has 72 valence electrons. The zero-order valence-corrected chi connectivity index (χ0v) is 8.61. The molecule has 1 unspecified atom stereocenters. The minimum Gasteiger partial charge on any atom is -0.353 e. The first kappa shape index (κ1) is 9.54. The highest BCUT2D eigenvalue weighted by atomic mass is 32.2. The van der Waals surface area contributed by atoms with Crippen molar-refractivity contribution in [2.45, 2.75) is 5.50 Å². The Bertz CT molecular complexity index is 394. The molecular formula is C8H6FN3S2. The number of anilines is 1. The van der Waals surface area contributed by atoms with E-state index in [0.717, 1.165) is 0 Å². The molecule has 0 bridgehead atoms. The monoisotopic (exact) mass is 227 g/mol. The number of nitrogens with one attached hydrogen (secondary N) is 1. The maximum Gasteiger partial charge on any atom is 0.194 e. The summed E-state index contributed by atoms with van der Waals surface area (Å²) in [5.74, 6) is -0.280. The molecule has 6 heteroatoms. The van der Waals surface area contributed by atoms with Crippen LogP contribution in [0, 0.1) is 5.82 Å². The lowest BCUT2D eigenvalue weighted by Gasteiger charge is -2.08. The van der Waals surface area contributed by atoms with Crippen molar-refractivity contribution in [2.24, 2.45) is 10.2 Å². The average Bonchev–Trinajstić information content (AvgIpc) is 2.51. The number of hydrogen-bond acceptors (Lipinski definition) is 4. The van der Waals surface area contributed by atoms with Gasteiger partial charge in [0.05, 0.1) is 0 Å². The van der Waals surface area contributed by atoms with Gasteiger partial charge in [0, 0.05) is 5.69 Å². The Morgan fingerprint density at radius 3 is 3.00 bits per heavy atom. The number of thiocarbonyl (C=S) groups is 1. The molecule has 0 aromatic heterocycles. The molecule has 0 spiro atoms. The molecule has 0 aliphatic carbocycles. The highest BCUT2D eigenvalue weighted by molar-refractivity contribution is 8.23. The van der Waals surface area contributed by atoms with Crippen molar-refractivity contribution in [2.75, 3.05) is 5.32 Å². The number of benzene rings is 1. The molecule has 3 nitrogen and oxygen atoms in total. The first-order valence-corrected chi connectivity index (χ1v) is 5.16. The summed E-state index contributed by atoms with van der Waals surface area (Å²) >= 11 is 6.16. The number of azo groups is 1. The largest absolute Gasteiger partial charge is 0.353 e. The highest BCUT2D eigenvalue weighted by Crippen LogP contribution is 2.25. The Balaban J connectivity index is 2.05. The van der Waals surface area contributed by atoms with Crippen LogP contribution < -0.4 is 5.32 Å². The van der Waals surface area contributed by atoms with Crippen molar-refractivity contribution < 1.29 is 4.39 Å². The van der Waals surface area contributed by atoms with Crippen LogP contribution in [0.25, 0.3) is 0 Å². The van der Waals surface area contributed by atoms with Crippen LogP contribution in [-0.4, -0.2) is 9.82 Å². The van der Waals surface area contributed by atoms with Gasteiger partial charge in [0.1, 0.15) is 5.82 Å². The third-order valence-electron chi connectivity index (χ3n) is 1.57. The molecule has 1 N–H and O–H groups in total. The van der Waals surface area contributed by atoms with Gasteiger partial charge in [-0.05, 0) is 42.2 Å². The van der Waals surface area contributed by atoms with Crippen LogP contribution in [0.5, 0.6) is 0 Å². The van der Waals surface area contributed by atoms with Gasteiger partial charge in [-0.15, -0.1) is 10.2 Å². The van der Waals surface area contributed by atoms with Gasteiger partial charge >= 0.3 is 0 Å². The van der Waals surface area contributed by atoms with Crippen molar-refractivity contribution >= 4 is 34.0 Å². The van der Waals surface area contributed by atoms with Crippen LogP contribution in [0.4, 0.5) is 10.1 Å². The lowest BCUT2D eigenvalue weighted by atomic mass is 10.3. The van der Waals surface area contributed by atoms with Gasteiger partial charge in [0.25, 0.3) is 0 Å². The fourth-order valence-electron chi connectivity index (χ4n) is 1.02. The Morgan fingerprint density at radius 2 is 2.36 bits per heavy atom. The normalized spacial score (nSPS) is 20.1. The summed E-state index contributed by atoms with van der Waals surface area (Å²) in [7, 11) is 0. The molecule has 1 aliphatic heterocycles. The van der Waals surface area contributed by atoms with Crippen LogP contribution in [-0.2, 0) is 0 Å². The number of thioether (sulfide) groups is 1. The summed E-state index contributed by atoms with van der Waals surface area (Å²) in [4.78, 5) is 0. The minimum atomic E-state index is -0.280. The first-order valence-electron chi connectivity index (χ1n) is 3.87. The van der Waals surface area contributed by atoms with Crippen molar-refractivity contribution in [3.8, 4) is 0 Å². The average molecular weight is 227 g/mol. The van der Waals surface area contributed by atoms with Crippen LogP contribution in [0.3, 0.4) is 0 Å². The number of rotatable bonds is 2. The molecule has 2 rings (SSSR count). The van der Waals surface area contributed by atoms with E-state index in [1.165, 1.54) is 23.9 Å². The van der Waals surface area contributed by atoms with Gasteiger partial charge in [0.15, 0.2) is 9.82 Å². The van der Waals surface area contributed by atoms with E-state index in [0.29, 0.717) is 10.0 Å². The molecule has 1 aromatic rings. The predicted molar refractivity (Wildman–Crippen MR) is 58.9 cm³/mol. The van der Waals surface area contributed by atoms with Gasteiger partial charge in [-0.25, -0.2) is 4.39 Å². The predicted octanol–water partition coefficient (Wildman–Crippen LogP) is 3.01. The molecular weight excluding hydrogens is 221 g/mol. The summed E-state index contributed by atoms with van der Waals surface area (Å²) in [5.41, 5.74) is 0.440. The van der Waals surface area contributed by atoms with Gasteiger partial charge in [-0.3, -0.25) is 0 Å². The maximum atomic E-state index is 12.8. The van der Waals surface area contributed by atoms with E-state index in [2.05, 4.69) is 15.5 Å². The molecule has 1 aliphatic rings. The highest BCUT2D eigenvalue weighted by Gasteiger charge is 2.16. The summed E-state index contributed by atoms with van der Waals surface area (Å²) in [5, 5.41) is 10.5. The molecule has 1 atom stereocenters. The molecule has 0 amide bonds. The lowest BCUT2D eigenvalue weighted by molar-refractivity contribution is 0.628. The van der Waals surface area contributed by atoms with Crippen molar-refractivity contribution in [3.05, 3.63) is 30.1 Å². The van der Waals surface area contributed by atoms with Crippen molar-refractivity contribution in [3.63, 3.8) is 0 Å². The molecule has 0 radical (unpaired) electrons. The maximum absolute atomic E-state index is 12.8. The third kappa shape index (κ3) is 2.27. The van der Waals surface area contributed by atoms with Gasteiger partial charge in [-0.1, -0.05) is 6.07 Å². The summed E-state index contributed by atoms with van der Waals surface area (Å²) in [6.07, 6.45) is 0. The Labute approximate surface area is 89.8 Å². The summed E-state index contributed by atoms with van der Waals surface area (Å²) in [6, 6.07) is 6.18. The lowest BCUT2D eigenvalue weighted by Crippen LogP contribution is -2.09. The quantitative estimate of drug-likeness (QED) is 0.789. The van der Waals surface area contributed by atoms with Crippen molar-refractivity contribution in [1.29, 1.82) is 0 Å². The second-order valence-electron chi connectivity index (χ2n) is 2.61. The fraction of sp³-hybridized carbons (Fsp3) is 0.125.